The molecule has 0 saturated heterocycles. The van der Waals surface area contributed by atoms with E-state index >= 15 is 0 Å². The minimum Gasteiger partial charge on any atom is -0.479 e. The van der Waals surface area contributed by atoms with Gasteiger partial charge in [0.05, 0.1) is 26.2 Å². The van der Waals surface area contributed by atoms with Gasteiger partial charge in [0.25, 0.3) is 11.8 Å². The molecule has 8 N–H and O–H groups in total. The summed E-state index contributed by atoms with van der Waals surface area (Å²) in [6.45, 7) is 8.65. The number of nitrogens with one attached hydrogen (secondary N) is 4. The predicted molar refractivity (Wildman–Crippen MR) is 337 cm³/mol. The molecule has 2 aliphatic carbocycles. The first kappa shape index (κ1) is 64.9. The zero-order valence-corrected chi connectivity index (χ0v) is 50.4. The molecule has 0 fully saturated rings. The molecule has 6 aromatic carbocycles. The molecule has 0 spiro atoms. The molecule has 0 saturated carbocycles. The maximum atomic E-state index is 13.6. The Morgan fingerprint density at radius 1 is 0.565 bits per heavy atom. The SMILES string of the molecule is CC(C)(C)C1CC=C(c2ccc(N(Cc3ccc(C(=O)NCC(O)C(=O)O)cc3)C(=O)Nc3cc(Cl)cc(Cl)c3)cc2)CC1.C[C@H]1CCCC=C1c1ccc(N(Cc2ccc(C(=O)NC[C@@H](O)C(=O)O)cc2)C(=O)Nc2cc(Cl)cc(Cl)c2)cc1. The molecule has 2 aliphatic rings. The van der Waals surface area contributed by atoms with E-state index in [2.05, 4.69) is 61.1 Å². The number of aliphatic carboxylic acids is 2. The van der Waals surface area contributed by atoms with Crippen molar-refractivity contribution in [3.05, 3.63) is 199 Å². The molecule has 0 heterocycles. The molecule has 0 radical (unpaired) electrons. The van der Waals surface area contributed by atoms with Crippen molar-refractivity contribution >= 4 is 116 Å². The van der Waals surface area contributed by atoms with Crippen LogP contribution in [0.15, 0.2) is 146 Å². The maximum Gasteiger partial charge on any atom is 0.334 e. The summed E-state index contributed by atoms with van der Waals surface area (Å²) in [5.41, 5.74) is 9.48. The summed E-state index contributed by atoms with van der Waals surface area (Å²) in [6.07, 6.45) is 7.84. The van der Waals surface area contributed by atoms with Gasteiger partial charge < -0.3 is 41.7 Å². The zero-order chi connectivity index (χ0) is 61.5. The predicted octanol–water partition coefficient (Wildman–Crippen LogP) is 14.2. The zero-order valence-electron chi connectivity index (χ0n) is 47.4. The van der Waals surface area contributed by atoms with Gasteiger partial charge in [0.2, 0.25) is 0 Å². The number of allylic oxidation sites excluding steroid dienone is 4. The molecule has 0 bridgehead atoms. The molecule has 16 nitrogen and oxygen atoms in total. The fraction of sp³-hybridized carbons (Fsp3) is 0.292. The van der Waals surface area contributed by atoms with Crippen LogP contribution < -0.4 is 31.1 Å². The Morgan fingerprint density at radius 3 is 1.34 bits per heavy atom. The number of hydrogen-bond acceptors (Lipinski definition) is 8. The van der Waals surface area contributed by atoms with E-state index in [0.29, 0.717) is 54.7 Å². The van der Waals surface area contributed by atoms with Gasteiger partial charge in [-0.2, -0.15) is 0 Å². The van der Waals surface area contributed by atoms with E-state index in [1.807, 2.05) is 48.5 Å². The van der Waals surface area contributed by atoms with Crippen LogP contribution in [0.5, 0.6) is 0 Å². The van der Waals surface area contributed by atoms with Gasteiger partial charge in [0.15, 0.2) is 12.2 Å². The molecular formula is C65H68Cl4N6O10. The number of carbonyl (C=O) groups is 6. The van der Waals surface area contributed by atoms with Crippen molar-refractivity contribution in [1.29, 1.82) is 0 Å². The first-order chi connectivity index (χ1) is 40.4. The van der Waals surface area contributed by atoms with Gasteiger partial charge in [0.1, 0.15) is 0 Å². The van der Waals surface area contributed by atoms with E-state index in [4.69, 9.17) is 56.6 Å². The second-order valence-electron chi connectivity index (χ2n) is 22.0. The van der Waals surface area contributed by atoms with Crippen LogP contribution in [0.4, 0.5) is 32.3 Å². The lowest BCUT2D eigenvalue weighted by molar-refractivity contribution is -0.147. The van der Waals surface area contributed by atoms with Crippen LogP contribution in [0, 0.1) is 17.3 Å². The number of nitrogens with zero attached hydrogens (tertiary/aromatic N) is 2. The van der Waals surface area contributed by atoms with Gasteiger partial charge in [-0.1, -0.05) is 135 Å². The summed E-state index contributed by atoms with van der Waals surface area (Å²) in [6, 6.07) is 37.8. The van der Waals surface area contributed by atoms with Crippen LogP contribution in [0.2, 0.25) is 20.1 Å². The van der Waals surface area contributed by atoms with Crippen molar-refractivity contribution in [3.8, 4) is 0 Å². The van der Waals surface area contributed by atoms with Gasteiger partial charge in [-0.05, 0) is 174 Å². The molecule has 20 heteroatoms. The Labute approximate surface area is 514 Å². The molecule has 0 aliphatic heterocycles. The van der Waals surface area contributed by atoms with Crippen molar-refractivity contribution in [2.45, 2.75) is 91.5 Å². The normalized spacial score (nSPS) is 15.5. The Balaban J connectivity index is 0.000000244. The smallest absolute Gasteiger partial charge is 0.334 e. The van der Waals surface area contributed by atoms with Crippen LogP contribution in [-0.2, 0) is 22.7 Å². The fourth-order valence-corrected chi connectivity index (χ4v) is 10.9. The number of amides is 6. The molecule has 6 aromatic rings. The van der Waals surface area contributed by atoms with Gasteiger partial charge >= 0.3 is 24.0 Å². The third-order valence-corrected chi connectivity index (χ3v) is 15.6. The number of benzene rings is 6. The van der Waals surface area contributed by atoms with Crippen molar-refractivity contribution < 1.29 is 49.2 Å². The average Bonchev–Trinajstić information content (AvgIpc) is 3.53. The third-order valence-electron chi connectivity index (χ3n) is 14.7. The number of aliphatic hydroxyl groups is 2. The highest BCUT2D eigenvalue weighted by atomic mass is 35.5. The van der Waals surface area contributed by atoms with Gasteiger partial charge in [-0.3, -0.25) is 19.4 Å². The summed E-state index contributed by atoms with van der Waals surface area (Å²) in [5, 5.41) is 48.5. The number of hydrogen-bond donors (Lipinski definition) is 8. The fourth-order valence-electron chi connectivity index (χ4n) is 9.85. The minimum atomic E-state index is -1.69. The number of aliphatic hydroxyl groups excluding tert-OH is 2. The van der Waals surface area contributed by atoms with Crippen LogP contribution in [0.25, 0.3) is 11.1 Å². The molecule has 4 atom stereocenters. The summed E-state index contributed by atoms with van der Waals surface area (Å²) in [5.74, 6) is -2.76. The Hall–Kier alpha value is -7.70. The lowest BCUT2D eigenvalue weighted by atomic mass is 9.72. The topological polar surface area (TPSA) is 238 Å². The number of carboxylic acid groups (broad SMARTS) is 2. The molecule has 446 valence electrons. The Kier molecular flexibility index (Phi) is 22.8. The molecule has 6 amide bonds. The Bertz CT molecular complexity index is 3390. The monoisotopic (exact) mass is 1230 g/mol. The molecule has 0 aromatic heterocycles. The molecule has 85 heavy (non-hydrogen) atoms. The number of halogens is 4. The van der Waals surface area contributed by atoms with Gasteiger partial charge in [0, 0.05) is 54.0 Å². The Morgan fingerprint density at radius 2 is 0.976 bits per heavy atom. The maximum absolute atomic E-state index is 13.6. The number of rotatable bonds is 18. The van der Waals surface area contributed by atoms with E-state index in [0.717, 1.165) is 54.4 Å². The third kappa shape index (κ3) is 18.9. The summed E-state index contributed by atoms with van der Waals surface area (Å²) >= 11 is 24.6. The average molecular weight is 1240 g/mol. The molecule has 8 rings (SSSR count). The highest BCUT2D eigenvalue weighted by Crippen LogP contribution is 2.40. The van der Waals surface area contributed by atoms with Gasteiger partial charge in [-0.25, -0.2) is 19.2 Å². The number of carboxylic acids is 2. The van der Waals surface area contributed by atoms with E-state index < -0.39 is 61.1 Å². The minimum absolute atomic E-state index is 0.190. The lowest BCUT2D eigenvalue weighted by Crippen LogP contribution is -2.36. The largest absolute Gasteiger partial charge is 0.479 e. The van der Waals surface area contributed by atoms with Crippen LogP contribution in [0.1, 0.15) is 109 Å². The lowest BCUT2D eigenvalue weighted by Gasteiger charge is -2.33. The van der Waals surface area contributed by atoms with E-state index in [1.54, 1.807) is 94.7 Å². The number of urea groups is 2. The highest BCUT2D eigenvalue weighted by Gasteiger charge is 2.27. The van der Waals surface area contributed by atoms with Crippen molar-refractivity contribution in [1.82, 2.24) is 10.6 Å². The number of carbonyl (C=O) groups excluding carboxylic acids is 4. The van der Waals surface area contributed by atoms with Crippen LogP contribution in [0.3, 0.4) is 0 Å². The second kappa shape index (κ2) is 29.9. The second-order valence-corrected chi connectivity index (χ2v) is 23.8. The van der Waals surface area contributed by atoms with E-state index in [9.17, 15) is 39.0 Å². The van der Waals surface area contributed by atoms with Crippen LogP contribution in [-0.4, -0.2) is 81.5 Å². The molecule has 2 unspecified atom stereocenters. The van der Waals surface area contributed by atoms with Crippen LogP contribution >= 0.6 is 46.4 Å². The van der Waals surface area contributed by atoms with E-state index in [1.165, 1.54) is 17.6 Å². The standard InChI is InChI=1S/C34H37Cl2N3O5.C31H31Cl2N3O5/c1-34(2,3)25-12-8-22(9-13-25)23-10-14-29(15-11-23)39(33(44)38-28-17-26(35)16-27(36)18-28)20-21-4-6-24(7-5-21)31(41)37-19-30(40)32(42)43;1-19-4-2-3-5-27(19)21-10-12-26(13-11-21)36(31(41)35-25-15-23(32)14-24(33)16-25)18-20-6-8-22(9-7-20)29(38)34-17-28(37)30(39)40/h4-8,10-11,14-18,25,30,40H,9,12-13,19-20H2,1-3H3,(H,37,41)(H,38,44)(H,42,43);5-16,19,28,37H,2-4,17-18H2,1H3,(H,34,38)(H,35,41)(H,39,40)/t;19-,28+/m.0/s1. The van der Waals surface area contributed by atoms with Crippen molar-refractivity contribution in [2.24, 2.45) is 17.3 Å². The number of anilines is 4. The summed E-state index contributed by atoms with van der Waals surface area (Å²) in [7, 11) is 0. The van der Waals surface area contributed by atoms with E-state index in [-0.39, 0.29) is 29.6 Å². The van der Waals surface area contributed by atoms with Crippen molar-refractivity contribution in [3.63, 3.8) is 0 Å². The first-order valence-corrected chi connectivity index (χ1v) is 29.2. The van der Waals surface area contributed by atoms with Crippen molar-refractivity contribution in [2.75, 3.05) is 33.5 Å². The van der Waals surface area contributed by atoms with Gasteiger partial charge in [-0.15, -0.1) is 0 Å². The molecular weight excluding hydrogens is 1170 g/mol. The first-order valence-electron chi connectivity index (χ1n) is 27.7. The quantitative estimate of drug-likeness (QED) is 0.0405. The summed E-state index contributed by atoms with van der Waals surface area (Å²) in [4.78, 5) is 76.7. The highest BCUT2D eigenvalue weighted by molar-refractivity contribution is 6.35. The summed E-state index contributed by atoms with van der Waals surface area (Å²) < 4.78 is 0.